The Morgan fingerprint density at radius 1 is 0.242 bits per heavy atom. The summed E-state index contributed by atoms with van der Waals surface area (Å²) >= 11 is 0. The molecule has 0 fully saturated rings. The van der Waals surface area contributed by atoms with E-state index < -0.39 is 0 Å². The molecule has 15 aromatic rings. The van der Waals surface area contributed by atoms with Gasteiger partial charge in [0.05, 0.1) is 22.1 Å². The van der Waals surface area contributed by atoms with Gasteiger partial charge in [0.15, 0.2) is 5.43 Å². The quantitative estimate of drug-likeness (QED) is 0.0992. The number of nitrogens with zero attached hydrogens (tertiary/aromatic N) is 6. The van der Waals surface area contributed by atoms with Gasteiger partial charge in [0.2, 0.25) is 0 Å². The Bertz CT molecular complexity index is 5140. The van der Waals surface area contributed by atoms with Gasteiger partial charge in [-0.1, -0.05) is 182 Å². The highest BCUT2D eigenvalue weighted by Gasteiger charge is 2.47. The van der Waals surface area contributed by atoms with Gasteiger partial charge in [-0.3, -0.25) is 4.79 Å². The van der Waals surface area contributed by atoms with Gasteiger partial charge in [0, 0.05) is 103 Å². The maximum atomic E-state index is 16.4. The number of rotatable bonds is 10. The van der Waals surface area contributed by atoms with Crippen molar-refractivity contribution in [1.29, 1.82) is 0 Å². The van der Waals surface area contributed by atoms with Crippen LogP contribution in [-0.4, -0.2) is 13.4 Å². The normalized spacial score (nSPS) is 13.0. The first-order valence-corrected chi connectivity index (χ1v) is 32.4. The molecule has 444 valence electrons. The standard InChI is InChI=1S/C85H56B2N6O2/c94-85-67-53-71-75(92(63-41-21-7-22-42-63)79-51-65(88(57-29-9-1-10-30-57)58-31-11-2-12-32-58)49-77-83(79)86(71)69-45-25-27-47-73(69)90(77)61-37-17-5-18-38-61)55-81(67)95-82-56-76-72(54-68(82)85)87-70-46-26-28-48-74(70)91(62-39-19-6-20-40-62)78-50-66(52-80(84(78)87)93(76)64-43-23-8-24-44-64)89(59-33-13-3-14-34-59)60-35-15-4-16-36-60/h1-56H. The molecule has 0 radical (unpaired) electrons. The first kappa shape index (κ1) is 54.2. The molecule has 0 saturated carbocycles. The smallest absolute Gasteiger partial charge is 0.252 e. The molecule has 8 nitrogen and oxygen atoms in total. The van der Waals surface area contributed by atoms with Crippen LogP contribution in [0, 0.1) is 0 Å². The zero-order valence-corrected chi connectivity index (χ0v) is 51.5. The molecular formula is C85H56B2N6O2. The zero-order valence-electron chi connectivity index (χ0n) is 51.5. The van der Waals surface area contributed by atoms with Crippen LogP contribution in [0.25, 0.3) is 21.9 Å². The van der Waals surface area contributed by atoms with Crippen LogP contribution in [0.15, 0.2) is 349 Å². The highest BCUT2D eigenvalue weighted by atomic mass is 16.3. The summed E-state index contributed by atoms with van der Waals surface area (Å²) in [5.74, 6) is 0. The molecule has 0 aliphatic carbocycles. The number of hydrogen-bond acceptors (Lipinski definition) is 8. The molecule has 5 heterocycles. The van der Waals surface area contributed by atoms with E-state index in [1.807, 2.05) is 0 Å². The van der Waals surface area contributed by atoms with Gasteiger partial charge in [-0.2, -0.15) is 0 Å². The fraction of sp³-hybridized carbons (Fsp3) is 0. The van der Waals surface area contributed by atoms with Crippen molar-refractivity contribution < 1.29 is 4.42 Å². The summed E-state index contributed by atoms with van der Waals surface area (Å²) in [7, 11) is 0. The topological polar surface area (TPSA) is 49.7 Å². The van der Waals surface area contributed by atoms with Crippen molar-refractivity contribution in [2.45, 2.75) is 0 Å². The highest BCUT2D eigenvalue weighted by molar-refractivity contribution is 7.01. The van der Waals surface area contributed by atoms with Crippen LogP contribution in [0.2, 0.25) is 0 Å². The van der Waals surface area contributed by atoms with E-state index >= 15 is 4.79 Å². The number of anilines is 18. The Morgan fingerprint density at radius 3 is 0.811 bits per heavy atom. The summed E-state index contributed by atoms with van der Waals surface area (Å²) in [5, 5.41) is 1.05. The Balaban J connectivity index is 0.880. The summed E-state index contributed by atoms with van der Waals surface area (Å²) in [6, 6.07) is 121. The molecule has 0 bridgehead atoms. The zero-order chi connectivity index (χ0) is 62.7. The fourth-order valence-corrected chi connectivity index (χ4v) is 15.6. The number of fused-ring (bicyclic) bond motifs is 10. The first-order valence-electron chi connectivity index (χ1n) is 32.4. The van der Waals surface area contributed by atoms with Gasteiger partial charge in [-0.25, -0.2) is 0 Å². The third kappa shape index (κ3) is 8.54. The fourth-order valence-electron chi connectivity index (χ4n) is 15.6. The average Bonchev–Trinajstić information content (AvgIpc) is 0.699. The molecule has 0 saturated heterocycles. The second-order valence-electron chi connectivity index (χ2n) is 24.7. The minimum Gasteiger partial charge on any atom is -0.456 e. The molecule has 10 heteroatoms. The molecule has 14 aromatic carbocycles. The molecule has 4 aliphatic rings. The lowest BCUT2D eigenvalue weighted by Crippen LogP contribution is -2.61. The molecular weight excluding hydrogens is 1160 g/mol. The third-order valence-electron chi connectivity index (χ3n) is 19.5. The Hall–Kier alpha value is -12.5. The number of hydrogen-bond donors (Lipinski definition) is 0. The van der Waals surface area contributed by atoms with Crippen LogP contribution in [0.3, 0.4) is 0 Å². The third-order valence-corrected chi connectivity index (χ3v) is 19.5. The monoisotopic (exact) mass is 1210 g/mol. The van der Waals surface area contributed by atoms with Gasteiger partial charge in [-0.05, 0) is 178 Å². The summed E-state index contributed by atoms with van der Waals surface area (Å²) in [5.41, 5.74) is 25.9. The molecule has 0 amide bonds. The highest BCUT2D eigenvalue weighted by Crippen LogP contribution is 2.51. The van der Waals surface area contributed by atoms with Crippen molar-refractivity contribution in [2.75, 3.05) is 29.4 Å². The van der Waals surface area contributed by atoms with Crippen LogP contribution in [0.5, 0.6) is 0 Å². The summed E-state index contributed by atoms with van der Waals surface area (Å²) < 4.78 is 7.47. The van der Waals surface area contributed by atoms with Crippen LogP contribution >= 0.6 is 0 Å². The second kappa shape index (κ2) is 21.8. The largest absolute Gasteiger partial charge is 0.456 e. The molecule has 19 rings (SSSR count). The van der Waals surface area contributed by atoms with Gasteiger partial charge in [-0.15, -0.1) is 0 Å². The minimum absolute atomic E-state index is 0.0835. The van der Waals surface area contributed by atoms with Crippen molar-refractivity contribution in [2.24, 2.45) is 0 Å². The maximum Gasteiger partial charge on any atom is 0.252 e. The van der Waals surface area contributed by atoms with Crippen molar-refractivity contribution in [3.05, 3.63) is 350 Å². The number of benzene rings is 14. The lowest BCUT2D eigenvalue weighted by atomic mass is 9.33. The van der Waals surface area contributed by atoms with E-state index in [4.69, 9.17) is 4.42 Å². The van der Waals surface area contributed by atoms with Gasteiger partial charge in [0.25, 0.3) is 13.4 Å². The lowest BCUT2D eigenvalue weighted by Gasteiger charge is -2.45. The molecule has 0 unspecified atom stereocenters. The van der Waals surface area contributed by atoms with Crippen molar-refractivity contribution in [3.8, 4) is 0 Å². The Kier molecular flexibility index (Phi) is 12.5. The summed E-state index contributed by atoms with van der Waals surface area (Å²) in [4.78, 5) is 30.8. The van der Waals surface area contributed by atoms with Crippen LogP contribution in [0.1, 0.15) is 0 Å². The predicted octanol–water partition coefficient (Wildman–Crippen LogP) is 18.1. The molecule has 95 heavy (non-hydrogen) atoms. The molecule has 1 aromatic heterocycles. The van der Waals surface area contributed by atoms with Crippen LogP contribution < -0.4 is 67.6 Å². The summed E-state index contributed by atoms with van der Waals surface area (Å²) in [6.45, 7) is -0.564. The predicted molar refractivity (Wildman–Crippen MR) is 397 cm³/mol. The maximum absolute atomic E-state index is 16.4. The van der Waals surface area contributed by atoms with E-state index in [1.54, 1.807) is 0 Å². The van der Waals surface area contributed by atoms with E-state index in [0.29, 0.717) is 21.9 Å². The minimum atomic E-state index is -0.282. The van der Waals surface area contributed by atoms with E-state index in [1.165, 1.54) is 0 Å². The average molecular weight is 1220 g/mol. The van der Waals surface area contributed by atoms with Crippen molar-refractivity contribution in [1.82, 2.24) is 0 Å². The van der Waals surface area contributed by atoms with Gasteiger partial charge >= 0.3 is 0 Å². The SMILES string of the molecule is O=c1c2cc3c(cc2oc2cc4c(cc12)B1c2ccccc2N(c2ccccc2)c2cc(N(c5ccccc5)c5ccccc5)cc(c21)N4c1ccccc1)N(c1ccccc1)c1cc(N(c2ccccc2)c2ccccc2)cc2c1B3c1ccccc1N2c1ccccc1. The van der Waals surface area contributed by atoms with E-state index in [2.05, 4.69) is 369 Å². The molecule has 0 N–H and O–H groups in total. The van der Waals surface area contributed by atoms with E-state index in [0.717, 1.165) is 135 Å². The Labute approximate surface area is 551 Å². The van der Waals surface area contributed by atoms with Gasteiger partial charge < -0.3 is 33.8 Å². The van der Waals surface area contributed by atoms with E-state index in [-0.39, 0.29) is 18.9 Å². The van der Waals surface area contributed by atoms with Crippen molar-refractivity contribution >= 4 is 171 Å². The Morgan fingerprint density at radius 2 is 0.505 bits per heavy atom. The number of para-hydroxylation sites is 10. The van der Waals surface area contributed by atoms with E-state index in [9.17, 15) is 0 Å². The van der Waals surface area contributed by atoms with Gasteiger partial charge in [0.1, 0.15) is 11.2 Å². The van der Waals surface area contributed by atoms with Crippen LogP contribution in [0.4, 0.5) is 102 Å². The van der Waals surface area contributed by atoms with Crippen molar-refractivity contribution in [3.63, 3.8) is 0 Å². The van der Waals surface area contributed by atoms with Crippen LogP contribution in [-0.2, 0) is 0 Å². The second-order valence-corrected chi connectivity index (χ2v) is 24.7. The molecule has 0 spiro atoms. The summed E-state index contributed by atoms with van der Waals surface area (Å²) in [6.07, 6.45) is 0. The molecule has 0 atom stereocenters. The first-order chi connectivity index (χ1) is 47.1. The lowest BCUT2D eigenvalue weighted by molar-refractivity contribution is 0.660. The molecule has 4 aliphatic heterocycles.